The molecule has 0 amide bonds. The molecule has 0 spiro atoms. The van der Waals surface area contributed by atoms with Crippen LogP contribution in [0.4, 0.5) is 10.3 Å². The molecule has 15 heteroatoms. The number of rotatable bonds is 8. The van der Waals surface area contributed by atoms with E-state index in [1.54, 1.807) is 13.8 Å². The number of hydrogen-bond acceptors (Lipinski definition) is 12. The minimum Gasteiger partial charge on any atom is -0.476 e. The van der Waals surface area contributed by atoms with Crippen LogP contribution in [0.15, 0.2) is 6.33 Å². The standard InChI is InChI=1S/C18H25FN5O8P/c1-4-27-11(25)6-7-29-33(26)30-8-10-13(32-33)18(3,19)16(31-10)24-9-21-12-14(24)22-17(20)23-15(12)28-5-2/h9-10,13,16H,4-8H2,1-3H3,(H2,20,22,23)/t10-,13-,16-,18-,33-/m1/s1. The van der Waals surface area contributed by atoms with Gasteiger partial charge in [-0.25, -0.2) is 13.9 Å². The third-order valence-electron chi connectivity index (χ3n) is 5.12. The van der Waals surface area contributed by atoms with Gasteiger partial charge in [0.05, 0.1) is 39.2 Å². The van der Waals surface area contributed by atoms with E-state index in [0.29, 0.717) is 6.61 Å². The fraction of sp³-hybridized carbons (Fsp3) is 0.667. The van der Waals surface area contributed by atoms with Crippen LogP contribution in [0, 0.1) is 0 Å². The summed E-state index contributed by atoms with van der Waals surface area (Å²) in [5, 5.41) is 0. The minimum absolute atomic E-state index is 0.0808. The SMILES string of the molecule is CCOC(=O)CCO[P@]1(=O)OC[C@H]2O[C@@H](n3cnc4c(OCC)nc(N)nc43)[C@](C)(F)[C@@H]2O1. The van der Waals surface area contributed by atoms with Gasteiger partial charge in [-0.15, -0.1) is 0 Å². The Balaban J connectivity index is 1.54. The number of carbonyl (C=O) groups is 1. The molecule has 0 saturated carbocycles. The third-order valence-corrected chi connectivity index (χ3v) is 6.57. The fourth-order valence-electron chi connectivity index (χ4n) is 3.70. The van der Waals surface area contributed by atoms with Crippen molar-refractivity contribution in [3.63, 3.8) is 0 Å². The number of nitrogen functional groups attached to an aromatic ring is 1. The molecule has 0 aromatic carbocycles. The van der Waals surface area contributed by atoms with E-state index in [2.05, 4.69) is 15.0 Å². The zero-order valence-electron chi connectivity index (χ0n) is 18.3. The maximum Gasteiger partial charge on any atom is 0.475 e. The van der Waals surface area contributed by atoms with Gasteiger partial charge in [-0.05, 0) is 20.8 Å². The number of fused-ring (bicyclic) bond motifs is 2. The van der Waals surface area contributed by atoms with Crippen molar-refractivity contribution in [2.45, 2.75) is 51.3 Å². The van der Waals surface area contributed by atoms with Crippen molar-refractivity contribution in [1.82, 2.24) is 19.5 Å². The number of nitrogens with zero attached hydrogens (tertiary/aromatic N) is 4. The molecule has 182 valence electrons. The summed E-state index contributed by atoms with van der Waals surface area (Å²) in [6.45, 7) is 4.69. The number of phosphoric ester groups is 1. The van der Waals surface area contributed by atoms with Crippen LogP contribution in [0.1, 0.15) is 33.4 Å². The number of halogens is 1. The van der Waals surface area contributed by atoms with Gasteiger partial charge in [0.25, 0.3) is 0 Å². The van der Waals surface area contributed by atoms with Crippen molar-refractivity contribution in [3.8, 4) is 5.88 Å². The van der Waals surface area contributed by atoms with Crippen molar-refractivity contribution >= 4 is 30.9 Å². The fourth-order valence-corrected chi connectivity index (χ4v) is 5.16. The molecule has 2 aromatic heterocycles. The molecular weight excluding hydrogens is 464 g/mol. The Kier molecular flexibility index (Phi) is 6.56. The highest BCUT2D eigenvalue weighted by molar-refractivity contribution is 7.48. The summed E-state index contributed by atoms with van der Waals surface area (Å²) >= 11 is 0. The Bertz CT molecular complexity index is 1080. The normalized spacial score (nSPS) is 31.5. The Morgan fingerprint density at radius 3 is 2.91 bits per heavy atom. The van der Waals surface area contributed by atoms with Crippen LogP contribution in [0.25, 0.3) is 11.2 Å². The number of anilines is 1. The van der Waals surface area contributed by atoms with Crippen LogP contribution in [-0.2, 0) is 32.4 Å². The van der Waals surface area contributed by atoms with Crippen molar-refractivity contribution in [2.75, 3.05) is 32.2 Å². The molecule has 0 bridgehead atoms. The van der Waals surface area contributed by atoms with Crippen molar-refractivity contribution in [3.05, 3.63) is 6.33 Å². The molecule has 0 unspecified atom stereocenters. The van der Waals surface area contributed by atoms with E-state index in [-0.39, 0.29) is 49.2 Å². The first-order valence-corrected chi connectivity index (χ1v) is 11.8. The molecule has 5 atom stereocenters. The highest BCUT2D eigenvalue weighted by Crippen LogP contribution is 2.59. The average molecular weight is 489 g/mol. The summed E-state index contributed by atoms with van der Waals surface area (Å²) in [6, 6.07) is 0. The zero-order valence-corrected chi connectivity index (χ0v) is 19.2. The predicted octanol–water partition coefficient (Wildman–Crippen LogP) is 1.93. The van der Waals surface area contributed by atoms with Gasteiger partial charge in [-0.3, -0.25) is 22.9 Å². The molecule has 2 aliphatic rings. The summed E-state index contributed by atoms with van der Waals surface area (Å²) in [7, 11) is -4.13. The first kappa shape index (κ1) is 23.8. The van der Waals surface area contributed by atoms with E-state index < -0.39 is 37.9 Å². The topological polar surface area (TPSA) is 159 Å². The average Bonchev–Trinajstić information content (AvgIpc) is 3.26. The third kappa shape index (κ3) is 4.53. The van der Waals surface area contributed by atoms with Crippen LogP contribution in [0.5, 0.6) is 5.88 Å². The maximum absolute atomic E-state index is 16.0. The van der Waals surface area contributed by atoms with Crippen molar-refractivity contribution in [2.24, 2.45) is 0 Å². The van der Waals surface area contributed by atoms with Gasteiger partial charge in [-0.2, -0.15) is 9.97 Å². The Morgan fingerprint density at radius 1 is 1.39 bits per heavy atom. The monoisotopic (exact) mass is 489 g/mol. The Labute approximate surface area is 188 Å². The van der Waals surface area contributed by atoms with Gasteiger partial charge < -0.3 is 19.9 Å². The van der Waals surface area contributed by atoms with E-state index in [9.17, 15) is 9.36 Å². The van der Waals surface area contributed by atoms with Crippen LogP contribution in [0.2, 0.25) is 0 Å². The lowest BCUT2D eigenvalue weighted by Crippen LogP contribution is -2.44. The summed E-state index contributed by atoms with van der Waals surface area (Å²) in [6.07, 6.45) is -2.25. The van der Waals surface area contributed by atoms with E-state index in [0.717, 1.165) is 0 Å². The second-order valence-corrected chi connectivity index (χ2v) is 9.10. The number of aromatic nitrogens is 4. The number of ether oxygens (including phenoxy) is 3. The van der Waals surface area contributed by atoms with Gasteiger partial charge in [0, 0.05) is 0 Å². The molecule has 0 aliphatic carbocycles. The number of nitrogens with two attached hydrogens (primary N) is 1. The smallest absolute Gasteiger partial charge is 0.475 e. The summed E-state index contributed by atoms with van der Waals surface area (Å²) in [5.74, 6) is -0.449. The molecule has 13 nitrogen and oxygen atoms in total. The quantitative estimate of drug-likeness (QED) is 0.425. The Morgan fingerprint density at radius 2 is 2.18 bits per heavy atom. The molecule has 2 aliphatic heterocycles. The largest absolute Gasteiger partial charge is 0.476 e. The highest BCUT2D eigenvalue weighted by atomic mass is 31.2. The van der Waals surface area contributed by atoms with Crippen LogP contribution in [-0.4, -0.2) is 69.8 Å². The number of alkyl halides is 1. The van der Waals surface area contributed by atoms with Gasteiger partial charge in [0.1, 0.15) is 12.2 Å². The second kappa shape index (κ2) is 9.11. The lowest BCUT2D eigenvalue weighted by molar-refractivity contribution is -0.143. The maximum atomic E-state index is 16.0. The number of hydrogen-bond donors (Lipinski definition) is 1. The molecule has 2 N–H and O–H groups in total. The lowest BCUT2D eigenvalue weighted by atomic mass is 9.98. The van der Waals surface area contributed by atoms with E-state index in [1.165, 1.54) is 17.8 Å². The molecule has 0 radical (unpaired) electrons. The number of imidazole rings is 1. The van der Waals surface area contributed by atoms with Crippen molar-refractivity contribution in [1.29, 1.82) is 0 Å². The number of carbonyl (C=O) groups excluding carboxylic acids is 1. The molecule has 2 saturated heterocycles. The van der Waals surface area contributed by atoms with Crippen LogP contribution < -0.4 is 10.5 Å². The number of esters is 1. The first-order valence-electron chi connectivity index (χ1n) is 10.4. The van der Waals surface area contributed by atoms with Crippen molar-refractivity contribution < 1.29 is 41.5 Å². The second-order valence-electron chi connectivity index (χ2n) is 7.48. The zero-order chi connectivity index (χ0) is 23.8. The lowest BCUT2D eigenvalue weighted by Gasteiger charge is -2.33. The molecule has 4 heterocycles. The van der Waals surface area contributed by atoms with Crippen LogP contribution >= 0.6 is 7.82 Å². The predicted molar refractivity (Wildman–Crippen MR) is 110 cm³/mol. The molecule has 33 heavy (non-hydrogen) atoms. The van der Waals surface area contributed by atoms with Gasteiger partial charge in [0.2, 0.25) is 11.8 Å². The van der Waals surface area contributed by atoms with Crippen LogP contribution in [0.3, 0.4) is 0 Å². The first-order chi connectivity index (χ1) is 15.7. The molecule has 2 aromatic rings. The minimum atomic E-state index is -4.13. The summed E-state index contributed by atoms with van der Waals surface area (Å²) < 4.78 is 62.1. The highest BCUT2D eigenvalue weighted by Gasteiger charge is 2.61. The number of phosphoric acid groups is 1. The Hall–Kier alpha value is -2.38. The van der Waals surface area contributed by atoms with Gasteiger partial charge >= 0.3 is 13.8 Å². The van der Waals surface area contributed by atoms with E-state index in [4.69, 9.17) is 33.5 Å². The molecule has 2 fully saturated rings. The van der Waals surface area contributed by atoms with E-state index in [1.807, 2.05) is 0 Å². The summed E-state index contributed by atoms with van der Waals surface area (Å²) in [5.41, 5.74) is 4.08. The molecule has 4 rings (SSSR count). The van der Waals surface area contributed by atoms with Gasteiger partial charge in [-0.1, -0.05) is 0 Å². The van der Waals surface area contributed by atoms with E-state index >= 15 is 4.39 Å². The molecular formula is C18H25FN5O8P. The summed E-state index contributed by atoms with van der Waals surface area (Å²) in [4.78, 5) is 23.8. The van der Waals surface area contributed by atoms with Gasteiger partial charge in [0.15, 0.2) is 23.1 Å².